The highest BCUT2D eigenvalue weighted by atomic mass is 32.1. The Morgan fingerprint density at radius 1 is 0.964 bits per heavy atom. The number of thiophene rings is 1. The number of hydrogen-bond acceptors (Lipinski definition) is 5. The Balaban J connectivity index is 1.37. The van der Waals surface area contributed by atoms with E-state index < -0.39 is 0 Å². The van der Waals surface area contributed by atoms with Crippen LogP contribution in [0.15, 0.2) is 67.0 Å². The van der Waals surface area contributed by atoms with Crippen LogP contribution in [0.5, 0.6) is 0 Å². The largest absolute Gasteiger partial charge is 0.365 e. The van der Waals surface area contributed by atoms with E-state index in [1.54, 1.807) is 17.7 Å². The van der Waals surface area contributed by atoms with Gasteiger partial charge in [-0.2, -0.15) is 0 Å². The molecule has 0 fully saturated rings. The van der Waals surface area contributed by atoms with Crippen LogP contribution in [-0.4, -0.2) is 15.9 Å². The van der Waals surface area contributed by atoms with Gasteiger partial charge in [0.15, 0.2) is 0 Å². The first kappa shape index (κ1) is 18.1. The number of carbonyl (C=O) groups excluding carboxylic acids is 1. The predicted octanol–water partition coefficient (Wildman–Crippen LogP) is 4.54. The summed E-state index contributed by atoms with van der Waals surface area (Å²) < 4.78 is 0. The van der Waals surface area contributed by atoms with Gasteiger partial charge in [-0.1, -0.05) is 42.5 Å². The van der Waals surface area contributed by atoms with Crippen LogP contribution in [0.3, 0.4) is 0 Å². The molecule has 0 saturated carbocycles. The van der Waals surface area contributed by atoms with E-state index in [-0.39, 0.29) is 5.91 Å². The minimum Gasteiger partial charge on any atom is -0.365 e. The van der Waals surface area contributed by atoms with E-state index in [4.69, 9.17) is 0 Å². The van der Waals surface area contributed by atoms with Gasteiger partial charge in [-0.3, -0.25) is 4.79 Å². The second kappa shape index (κ2) is 8.19. The Morgan fingerprint density at radius 2 is 1.71 bits per heavy atom. The minimum absolute atomic E-state index is 0.0744. The number of benzene rings is 2. The molecule has 4 aromatic rings. The number of rotatable bonds is 6. The number of hydrogen-bond donors (Lipinski definition) is 2. The number of anilines is 1. The highest BCUT2D eigenvalue weighted by molar-refractivity contribution is 7.18. The number of aromatic nitrogens is 2. The lowest BCUT2D eigenvalue weighted by Crippen LogP contribution is -2.22. The van der Waals surface area contributed by atoms with Crippen LogP contribution in [0, 0.1) is 6.92 Å². The van der Waals surface area contributed by atoms with Gasteiger partial charge in [0.25, 0.3) is 5.91 Å². The van der Waals surface area contributed by atoms with Crippen LogP contribution in [0.4, 0.5) is 5.82 Å². The molecule has 28 heavy (non-hydrogen) atoms. The van der Waals surface area contributed by atoms with Crippen molar-refractivity contribution in [3.05, 3.63) is 88.6 Å². The zero-order valence-corrected chi connectivity index (χ0v) is 16.3. The normalized spacial score (nSPS) is 10.8. The molecule has 5 nitrogen and oxygen atoms in total. The molecule has 0 saturated heterocycles. The summed E-state index contributed by atoms with van der Waals surface area (Å²) >= 11 is 1.66. The van der Waals surface area contributed by atoms with Gasteiger partial charge in [0.05, 0.1) is 5.39 Å². The first-order chi connectivity index (χ1) is 13.7. The Labute approximate surface area is 167 Å². The van der Waals surface area contributed by atoms with E-state index in [0.29, 0.717) is 18.7 Å². The molecule has 0 aliphatic carbocycles. The summed E-state index contributed by atoms with van der Waals surface area (Å²) in [5, 5.41) is 7.36. The molecule has 0 unspecified atom stereocenters. The van der Waals surface area contributed by atoms with Crippen molar-refractivity contribution in [2.45, 2.75) is 20.0 Å². The zero-order valence-electron chi connectivity index (χ0n) is 15.5. The van der Waals surface area contributed by atoms with Crippen molar-refractivity contribution >= 4 is 33.3 Å². The van der Waals surface area contributed by atoms with Crippen LogP contribution in [0.1, 0.15) is 26.4 Å². The third-order valence-electron chi connectivity index (χ3n) is 4.42. The van der Waals surface area contributed by atoms with E-state index in [1.807, 2.05) is 54.6 Å². The summed E-state index contributed by atoms with van der Waals surface area (Å²) in [5.74, 6) is 0.758. The van der Waals surface area contributed by atoms with Crippen molar-refractivity contribution < 1.29 is 4.79 Å². The highest BCUT2D eigenvalue weighted by Gasteiger charge is 2.08. The molecule has 0 bridgehead atoms. The number of aryl methyl sites for hydroxylation is 1. The summed E-state index contributed by atoms with van der Waals surface area (Å²) in [6, 6.07) is 19.6. The van der Waals surface area contributed by atoms with Crippen molar-refractivity contribution in [1.82, 2.24) is 15.3 Å². The monoisotopic (exact) mass is 388 g/mol. The van der Waals surface area contributed by atoms with Crippen LogP contribution in [0.2, 0.25) is 0 Å². The number of nitrogens with one attached hydrogen (secondary N) is 2. The lowest BCUT2D eigenvalue weighted by molar-refractivity contribution is 0.0951. The smallest absolute Gasteiger partial charge is 0.251 e. The Bertz CT molecular complexity index is 1090. The molecule has 0 spiro atoms. The van der Waals surface area contributed by atoms with Gasteiger partial charge >= 0.3 is 0 Å². The maximum absolute atomic E-state index is 12.3. The first-order valence-corrected chi connectivity index (χ1v) is 9.87. The quantitative estimate of drug-likeness (QED) is 0.509. The average molecular weight is 388 g/mol. The first-order valence-electron chi connectivity index (χ1n) is 9.05. The van der Waals surface area contributed by atoms with Crippen LogP contribution in [-0.2, 0) is 13.1 Å². The van der Waals surface area contributed by atoms with E-state index >= 15 is 0 Å². The van der Waals surface area contributed by atoms with Crippen molar-refractivity contribution in [1.29, 1.82) is 0 Å². The topological polar surface area (TPSA) is 66.9 Å². The van der Waals surface area contributed by atoms with Gasteiger partial charge < -0.3 is 10.6 Å². The van der Waals surface area contributed by atoms with Gasteiger partial charge in [-0.25, -0.2) is 9.97 Å². The maximum Gasteiger partial charge on any atom is 0.251 e. The number of carbonyl (C=O) groups is 1. The lowest BCUT2D eigenvalue weighted by Gasteiger charge is -2.08. The fraction of sp³-hybridized carbons (Fsp3) is 0.136. The number of nitrogens with zero attached hydrogens (tertiary/aromatic N) is 2. The second-order valence-corrected chi connectivity index (χ2v) is 7.75. The van der Waals surface area contributed by atoms with Crippen LogP contribution >= 0.6 is 11.3 Å². The Hall–Kier alpha value is -3.25. The second-order valence-electron chi connectivity index (χ2n) is 6.52. The summed E-state index contributed by atoms with van der Waals surface area (Å²) in [4.78, 5) is 23.2. The summed E-state index contributed by atoms with van der Waals surface area (Å²) in [7, 11) is 0. The molecular weight excluding hydrogens is 368 g/mol. The van der Waals surface area contributed by atoms with Crippen molar-refractivity contribution in [3.8, 4) is 0 Å². The van der Waals surface area contributed by atoms with E-state index in [0.717, 1.165) is 27.2 Å². The van der Waals surface area contributed by atoms with Gasteiger partial charge in [-0.05, 0) is 36.2 Å². The lowest BCUT2D eigenvalue weighted by atomic mass is 10.1. The van der Waals surface area contributed by atoms with E-state index in [1.165, 1.54) is 4.88 Å². The molecule has 2 aromatic carbocycles. The highest BCUT2D eigenvalue weighted by Crippen LogP contribution is 2.27. The summed E-state index contributed by atoms with van der Waals surface area (Å²) in [5.41, 5.74) is 2.81. The molecule has 4 rings (SSSR count). The Kier molecular flexibility index (Phi) is 5.30. The fourth-order valence-electron chi connectivity index (χ4n) is 2.96. The van der Waals surface area contributed by atoms with Crippen molar-refractivity contribution in [2.75, 3.05) is 5.32 Å². The molecule has 0 aliphatic rings. The molecule has 2 heterocycles. The van der Waals surface area contributed by atoms with Crippen molar-refractivity contribution in [2.24, 2.45) is 0 Å². The Morgan fingerprint density at radius 3 is 2.50 bits per heavy atom. The number of fused-ring (bicyclic) bond motifs is 1. The molecule has 0 aliphatic heterocycles. The van der Waals surface area contributed by atoms with Gasteiger partial charge in [0.1, 0.15) is 17.0 Å². The van der Waals surface area contributed by atoms with E-state index in [9.17, 15) is 4.79 Å². The summed E-state index contributed by atoms with van der Waals surface area (Å²) in [6.45, 7) is 3.22. The number of amides is 1. The molecule has 6 heteroatoms. The van der Waals surface area contributed by atoms with Crippen LogP contribution < -0.4 is 10.6 Å². The summed E-state index contributed by atoms with van der Waals surface area (Å²) in [6.07, 6.45) is 1.58. The third-order valence-corrected chi connectivity index (χ3v) is 5.38. The maximum atomic E-state index is 12.3. The van der Waals surface area contributed by atoms with Crippen LogP contribution in [0.25, 0.3) is 10.2 Å². The molecule has 0 radical (unpaired) electrons. The molecule has 2 aromatic heterocycles. The molecular formula is C22H20N4OS. The standard InChI is InChI=1S/C22H20N4OS/c1-15-11-19-20(25-14-26-22(19)28-15)23-12-17-7-9-18(10-8-17)21(27)24-13-16-5-3-2-4-6-16/h2-11,14H,12-13H2,1H3,(H,24,27)(H,23,25,26). The predicted molar refractivity (Wildman–Crippen MR) is 114 cm³/mol. The zero-order chi connectivity index (χ0) is 19.3. The molecule has 0 atom stereocenters. The average Bonchev–Trinajstić information content (AvgIpc) is 3.12. The van der Waals surface area contributed by atoms with Crippen molar-refractivity contribution in [3.63, 3.8) is 0 Å². The molecule has 1 amide bonds. The van der Waals surface area contributed by atoms with Gasteiger partial charge in [-0.15, -0.1) is 11.3 Å². The van der Waals surface area contributed by atoms with Gasteiger partial charge in [0, 0.05) is 23.5 Å². The van der Waals surface area contributed by atoms with E-state index in [2.05, 4.69) is 33.6 Å². The van der Waals surface area contributed by atoms with Gasteiger partial charge in [0.2, 0.25) is 0 Å². The third kappa shape index (κ3) is 4.18. The minimum atomic E-state index is -0.0744. The molecule has 140 valence electrons. The molecule has 2 N–H and O–H groups in total. The fourth-order valence-corrected chi connectivity index (χ4v) is 3.80. The SMILES string of the molecule is Cc1cc2c(NCc3ccc(C(=O)NCc4ccccc4)cc3)ncnc2s1.